The number of carbonyl (C=O) groups excluding carboxylic acids is 3. The molecule has 0 aromatic heterocycles. The number of rotatable bonds is 53. The number of hydrogen-bond acceptors (Lipinski definition) is 6. The molecule has 6 heteroatoms. The van der Waals surface area contributed by atoms with Gasteiger partial charge < -0.3 is 14.2 Å². The summed E-state index contributed by atoms with van der Waals surface area (Å²) < 4.78 is 16.7. The molecule has 0 bridgehead atoms. The van der Waals surface area contributed by atoms with Crippen LogP contribution in [0.5, 0.6) is 0 Å². The van der Waals surface area contributed by atoms with Crippen LogP contribution in [0.4, 0.5) is 0 Å². The van der Waals surface area contributed by atoms with Crippen molar-refractivity contribution in [1.29, 1.82) is 0 Å². The number of esters is 3. The highest BCUT2D eigenvalue weighted by Crippen LogP contribution is 2.17. The maximum Gasteiger partial charge on any atom is 0.310 e. The van der Waals surface area contributed by atoms with Crippen molar-refractivity contribution in [1.82, 2.24) is 0 Å². The van der Waals surface area contributed by atoms with Gasteiger partial charge in [0.15, 0.2) is 6.10 Å². The fraction of sp³-hybridized carbons (Fsp3) is 0.708. The molecule has 0 aromatic carbocycles. The van der Waals surface area contributed by atoms with Crippen LogP contribution in [-0.2, 0) is 28.6 Å². The molecule has 0 aromatic rings. The average Bonchev–Trinajstić information content (AvgIpc) is 3.37. The summed E-state index contributed by atoms with van der Waals surface area (Å²) in [7, 11) is 0. The van der Waals surface area contributed by atoms with E-state index in [1.165, 1.54) is 141 Å². The number of allylic oxidation sites excluding steroid dienone is 15. The molecule has 0 radical (unpaired) electrons. The molecule has 0 spiro atoms. The molecular weight excluding hydrogens is 877 g/mol. The van der Waals surface area contributed by atoms with E-state index in [0.29, 0.717) is 19.3 Å². The highest BCUT2D eigenvalue weighted by Gasteiger charge is 2.19. The molecule has 0 saturated heterocycles. The molecule has 0 amide bonds. The fourth-order valence-electron chi connectivity index (χ4n) is 8.24. The van der Waals surface area contributed by atoms with Crippen LogP contribution in [0.1, 0.15) is 278 Å². The minimum atomic E-state index is -0.843. The van der Waals surface area contributed by atoms with Gasteiger partial charge in [-0.1, -0.05) is 279 Å². The van der Waals surface area contributed by atoms with E-state index in [9.17, 15) is 14.4 Å². The van der Waals surface area contributed by atoms with Crippen molar-refractivity contribution in [3.8, 4) is 0 Å². The van der Waals surface area contributed by atoms with Crippen molar-refractivity contribution in [3.05, 3.63) is 97.2 Å². The summed E-state index contributed by atoms with van der Waals surface area (Å²) in [6.07, 6.45) is 78.8. The van der Waals surface area contributed by atoms with Gasteiger partial charge in [-0.3, -0.25) is 14.4 Å². The fourth-order valence-corrected chi connectivity index (χ4v) is 8.24. The first-order chi connectivity index (χ1) is 35.0. The molecule has 6 nitrogen and oxygen atoms in total. The molecule has 1 atom stereocenters. The average molecular weight is 988 g/mol. The standard InChI is InChI=1S/C65H110O6/c1-4-7-10-13-16-19-22-25-27-28-29-30-31-32-33-34-35-36-38-40-43-46-49-52-55-58-64(67)70-61-62(60-69-63(66)57-54-51-48-45-42-39-24-21-18-15-12-9-6-3)71-65(68)59-56-53-50-47-44-41-37-26-23-20-17-14-11-8-5-2/h8-9,11-12,17-18,20-21,26,37,39,42,44,47,53,56,62H,4-7,10,13-16,19,22-25,27-36,38,40-41,43,45-46,48-52,54-55,57-61H2,1-3H3/b11-8-,12-9-,20-17-,21-18-,37-26-,42-39-,47-44-,56-53-. The van der Waals surface area contributed by atoms with Crippen LogP contribution in [0.2, 0.25) is 0 Å². The molecule has 0 rings (SSSR count). The van der Waals surface area contributed by atoms with E-state index < -0.39 is 12.1 Å². The number of hydrogen-bond donors (Lipinski definition) is 0. The molecule has 0 heterocycles. The van der Waals surface area contributed by atoms with Gasteiger partial charge in [0, 0.05) is 12.8 Å². The first-order valence-electron chi connectivity index (χ1n) is 29.7. The Hall–Kier alpha value is -3.67. The Morgan fingerprint density at radius 1 is 0.310 bits per heavy atom. The van der Waals surface area contributed by atoms with Crippen LogP contribution in [0.15, 0.2) is 97.2 Å². The first-order valence-corrected chi connectivity index (χ1v) is 29.7. The van der Waals surface area contributed by atoms with Crippen LogP contribution >= 0.6 is 0 Å². The lowest BCUT2D eigenvalue weighted by Crippen LogP contribution is -2.30. The second kappa shape index (κ2) is 58.9. The largest absolute Gasteiger partial charge is 0.462 e. The van der Waals surface area contributed by atoms with E-state index in [-0.39, 0.29) is 31.6 Å². The topological polar surface area (TPSA) is 78.9 Å². The molecule has 0 saturated carbocycles. The Kier molecular flexibility index (Phi) is 55.9. The predicted molar refractivity (Wildman–Crippen MR) is 307 cm³/mol. The van der Waals surface area contributed by atoms with Crippen LogP contribution < -0.4 is 0 Å². The quantitative estimate of drug-likeness (QED) is 0.0261. The van der Waals surface area contributed by atoms with Crippen molar-refractivity contribution < 1.29 is 28.6 Å². The van der Waals surface area contributed by atoms with Gasteiger partial charge >= 0.3 is 17.9 Å². The lowest BCUT2D eigenvalue weighted by atomic mass is 10.0. The van der Waals surface area contributed by atoms with Crippen molar-refractivity contribution in [2.45, 2.75) is 284 Å². The Balaban J connectivity index is 4.34. The monoisotopic (exact) mass is 987 g/mol. The Morgan fingerprint density at radius 2 is 0.592 bits per heavy atom. The summed E-state index contributed by atoms with van der Waals surface area (Å²) in [6, 6.07) is 0. The van der Waals surface area contributed by atoms with Crippen molar-refractivity contribution >= 4 is 17.9 Å². The van der Waals surface area contributed by atoms with Crippen molar-refractivity contribution in [2.24, 2.45) is 0 Å². The summed E-state index contributed by atoms with van der Waals surface area (Å²) in [5, 5.41) is 0. The van der Waals surface area contributed by atoms with E-state index >= 15 is 0 Å². The van der Waals surface area contributed by atoms with E-state index in [0.717, 1.165) is 89.9 Å². The minimum absolute atomic E-state index is 0.0898. The number of ether oxygens (including phenoxy) is 3. The number of unbranched alkanes of at least 4 members (excludes halogenated alkanes) is 27. The summed E-state index contributed by atoms with van der Waals surface area (Å²) in [6.45, 7) is 6.32. The molecule has 0 fully saturated rings. The summed E-state index contributed by atoms with van der Waals surface area (Å²) in [5.74, 6) is -1.08. The normalized spacial score (nSPS) is 12.8. The number of carbonyl (C=O) groups is 3. The summed E-state index contributed by atoms with van der Waals surface area (Å²) in [4.78, 5) is 38.1. The van der Waals surface area contributed by atoms with Crippen molar-refractivity contribution in [2.75, 3.05) is 13.2 Å². The van der Waals surface area contributed by atoms with Gasteiger partial charge in [-0.15, -0.1) is 0 Å². The third-order valence-corrected chi connectivity index (χ3v) is 12.6. The van der Waals surface area contributed by atoms with Gasteiger partial charge in [-0.05, 0) is 77.0 Å². The molecule has 1 unspecified atom stereocenters. The van der Waals surface area contributed by atoms with Gasteiger partial charge in [-0.2, -0.15) is 0 Å². The highest BCUT2D eigenvalue weighted by molar-refractivity contribution is 5.72. The van der Waals surface area contributed by atoms with E-state index in [1.54, 1.807) is 6.08 Å². The molecule has 406 valence electrons. The summed E-state index contributed by atoms with van der Waals surface area (Å²) in [5.41, 5.74) is 0. The maximum absolute atomic E-state index is 12.8. The minimum Gasteiger partial charge on any atom is -0.462 e. The van der Waals surface area contributed by atoms with Crippen molar-refractivity contribution in [3.63, 3.8) is 0 Å². The smallest absolute Gasteiger partial charge is 0.310 e. The highest BCUT2D eigenvalue weighted by atomic mass is 16.6. The van der Waals surface area contributed by atoms with Gasteiger partial charge in [0.2, 0.25) is 0 Å². The van der Waals surface area contributed by atoms with Gasteiger partial charge in [0.1, 0.15) is 13.2 Å². The zero-order valence-electron chi connectivity index (χ0n) is 46.5. The first kappa shape index (κ1) is 67.3. The van der Waals surface area contributed by atoms with E-state index in [1.807, 2.05) is 6.08 Å². The van der Waals surface area contributed by atoms with Crippen LogP contribution in [0.25, 0.3) is 0 Å². The van der Waals surface area contributed by atoms with E-state index in [4.69, 9.17) is 14.2 Å². The van der Waals surface area contributed by atoms with Crippen LogP contribution in [-0.4, -0.2) is 37.2 Å². The molecule has 0 aliphatic heterocycles. The maximum atomic E-state index is 12.8. The molecule has 0 aliphatic carbocycles. The molecule has 0 N–H and O–H groups in total. The predicted octanol–water partition coefficient (Wildman–Crippen LogP) is 20.1. The Labute approximate surface area is 438 Å². The lowest BCUT2D eigenvalue weighted by molar-refractivity contribution is -0.166. The van der Waals surface area contributed by atoms with E-state index in [2.05, 4.69) is 106 Å². The third-order valence-electron chi connectivity index (χ3n) is 12.6. The van der Waals surface area contributed by atoms with Crippen LogP contribution in [0, 0.1) is 0 Å². The lowest BCUT2D eigenvalue weighted by Gasteiger charge is -2.18. The second-order valence-electron chi connectivity index (χ2n) is 19.5. The van der Waals surface area contributed by atoms with Gasteiger partial charge in [-0.25, -0.2) is 0 Å². The summed E-state index contributed by atoms with van der Waals surface area (Å²) >= 11 is 0. The zero-order chi connectivity index (χ0) is 51.4. The zero-order valence-corrected chi connectivity index (χ0v) is 46.5. The van der Waals surface area contributed by atoms with Gasteiger partial charge in [0.25, 0.3) is 0 Å². The SMILES string of the molecule is CC/C=C\C/C=C\C/C=C\C/C=C\C/C=C\CC(=O)OC(COC(=O)CCCCC/C=C\C/C=C\C/C=C\CC)COC(=O)CCCCCCCCCCCCCCCCCCCCCCCCCCC. The molecule has 0 aliphatic rings. The second-order valence-corrected chi connectivity index (χ2v) is 19.5. The van der Waals surface area contributed by atoms with Gasteiger partial charge in [0.05, 0.1) is 6.42 Å². The Morgan fingerprint density at radius 3 is 0.930 bits per heavy atom. The molecule has 71 heavy (non-hydrogen) atoms. The Bertz CT molecular complexity index is 1410. The molecular formula is C65H110O6. The third kappa shape index (κ3) is 57.1. The van der Waals surface area contributed by atoms with Crippen LogP contribution in [0.3, 0.4) is 0 Å².